The molecule has 0 aliphatic rings. The number of benzene rings is 2. The van der Waals surface area contributed by atoms with Gasteiger partial charge in [0.1, 0.15) is 5.69 Å². The van der Waals surface area contributed by atoms with Crippen molar-refractivity contribution in [3.05, 3.63) is 64.3 Å². The van der Waals surface area contributed by atoms with Crippen molar-refractivity contribution in [2.24, 2.45) is 0 Å². The fraction of sp³-hybridized carbons (Fsp3) is 0.320. The summed E-state index contributed by atoms with van der Waals surface area (Å²) in [5.74, 6) is -1.60. The Morgan fingerprint density at radius 2 is 1.78 bits per heavy atom. The highest BCUT2D eigenvalue weighted by Gasteiger charge is 2.31. The van der Waals surface area contributed by atoms with Crippen LogP contribution in [0.25, 0.3) is 22.0 Å². The molecule has 1 atom stereocenters. The molecule has 3 rings (SSSR count). The summed E-state index contributed by atoms with van der Waals surface area (Å²) >= 11 is 6.09. The second-order valence-corrected chi connectivity index (χ2v) is 8.86. The van der Waals surface area contributed by atoms with Crippen molar-refractivity contribution >= 4 is 34.4 Å². The van der Waals surface area contributed by atoms with Crippen LogP contribution in [0.15, 0.2) is 42.5 Å². The van der Waals surface area contributed by atoms with E-state index in [-0.39, 0.29) is 12.3 Å². The zero-order valence-corrected chi connectivity index (χ0v) is 19.5. The Morgan fingerprint density at radius 1 is 1.12 bits per heavy atom. The molecule has 6 nitrogen and oxygen atoms in total. The van der Waals surface area contributed by atoms with Crippen molar-refractivity contribution in [2.45, 2.75) is 46.3 Å². The fourth-order valence-corrected chi connectivity index (χ4v) is 3.72. The summed E-state index contributed by atoms with van der Waals surface area (Å²) in [7, 11) is 0. The van der Waals surface area contributed by atoms with Crippen LogP contribution in [0.5, 0.6) is 0 Å². The van der Waals surface area contributed by atoms with Crippen molar-refractivity contribution in [1.29, 1.82) is 0 Å². The number of pyridine rings is 1. The number of carboxylic acid groups (broad SMARTS) is 1. The highest BCUT2D eigenvalue weighted by molar-refractivity contribution is 6.30. The topological polar surface area (TPSA) is 85.7 Å². The predicted octanol–water partition coefficient (Wildman–Crippen LogP) is 5.98. The van der Waals surface area contributed by atoms with Gasteiger partial charge < -0.3 is 14.6 Å². The standard InChI is InChI=1S/C25H26ClNO5/c1-6-31-24(30)18-12-11-17-19(27-18)13-14(2)20(22(23(28)29)32-25(3,4)5)21(17)15-7-9-16(26)10-8-15/h7-13,22H,6H2,1-5H3,(H,28,29). The number of fused-ring (bicyclic) bond motifs is 1. The lowest BCUT2D eigenvalue weighted by Gasteiger charge is -2.28. The van der Waals surface area contributed by atoms with Gasteiger partial charge >= 0.3 is 11.9 Å². The Morgan fingerprint density at radius 3 is 2.34 bits per heavy atom. The summed E-state index contributed by atoms with van der Waals surface area (Å²) in [6.07, 6.45) is -1.20. The van der Waals surface area contributed by atoms with Crippen LogP contribution in [0, 0.1) is 6.92 Å². The number of aryl methyl sites for hydroxylation is 1. The van der Waals surface area contributed by atoms with E-state index >= 15 is 0 Å². The first-order valence-corrected chi connectivity index (χ1v) is 10.7. The molecular formula is C25H26ClNO5. The van der Waals surface area contributed by atoms with Crippen molar-refractivity contribution in [1.82, 2.24) is 4.98 Å². The van der Waals surface area contributed by atoms with Gasteiger partial charge in [0, 0.05) is 16.0 Å². The minimum atomic E-state index is -1.20. The average molecular weight is 456 g/mol. The van der Waals surface area contributed by atoms with E-state index in [0.717, 1.165) is 5.56 Å². The molecule has 0 saturated carbocycles. The van der Waals surface area contributed by atoms with Crippen molar-refractivity contribution in [3.63, 3.8) is 0 Å². The molecule has 3 aromatic rings. The third-order valence-electron chi connectivity index (χ3n) is 4.82. The number of hydrogen-bond acceptors (Lipinski definition) is 5. The molecule has 0 aliphatic carbocycles. The Labute approximate surface area is 192 Å². The van der Waals surface area contributed by atoms with Gasteiger partial charge in [-0.15, -0.1) is 0 Å². The quantitative estimate of drug-likeness (QED) is 0.460. The normalized spacial score (nSPS) is 12.6. The number of carbonyl (C=O) groups excluding carboxylic acids is 1. The Balaban J connectivity index is 2.35. The van der Waals surface area contributed by atoms with Crippen LogP contribution < -0.4 is 0 Å². The van der Waals surface area contributed by atoms with Crippen LogP contribution in [-0.2, 0) is 14.3 Å². The second kappa shape index (κ2) is 9.27. The Bertz CT molecular complexity index is 1170. The summed E-state index contributed by atoms with van der Waals surface area (Å²) in [5, 5.41) is 11.3. The van der Waals surface area contributed by atoms with Crippen LogP contribution in [-0.4, -0.2) is 34.2 Å². The number of aliphatic carboxylic acids is 1. The molecule has 1 aromatic heterocycles. The minimum absolute atomic E-state index is 0.189. The molecule has 32 heavy (non-hydrogen) atoms. The summed E-state index contributed by atoms with van der Waals surface area (Å²) in [6, 6.07) is 12.3. The summed E-state index contributed by atoms with van der Waals surface area (Å²) in [4.78, 5) is 29.0. The molecule has 0 saturated heterocycles. The van der Waals surface area contributed by atoms with Gasteiger partial charge in [-0.1, -0.05) is 23.7 Å². The van der Waals surface area contributed by atoms with E-state index in [1.807, 2.05) is 39.8 Å². The number of carboxylic acids is 1. The number of esters is 1. The SMILES string of the molecule is CCOC(=O)c1ccc2c(-c3ccc(Cl)cc3)c(C(OC(C)(C)C)C(=O)O)c(C)cc2n1. The van der Waals surface area contributed by atoms with Crippen molar-refractivity contribution < 1.29 is 24.2 Å². The van der Waals surface area contributed by atoms with Crippen molar-refractivity contribution in [3.8, 4) is 11.1 Å². The van der Waals surface area contributed by atoms with E-state index in [0.29, 0.717) is 32.6 Å². The van der Waals surface area contributed by atoms with Gasteiger partial charge in [0.25, 0.3) is 0 Å². The van der Waals surface area contributed by atoms with Gasteiger partial charge in [0.05, 0.1) is 17.7 Å². The van der Waals surface area contributed by atoms with E-state index < -0.39 is 23.6 Å². The van der Waals surface area contributed by atoms with Crippen LogP contribution in [0.3, 0.4) is 0 Å². The van der Waals surface area contributed by atoms with Crippen LogP contribution in [0.1, 0.15) is 55.4 Å². The van der Waals surface area contributed by atoms with Gasteiger partial charge in [-0.25, -0.2) is 14.6 Å². The predicted molar refractivity (Wildman–Crippen MR) is 124 cm³/mol. The number of carbonyl (C=O) groups is 2. The molecule has 0 spiro atoms. The van der Waals surface area contributed by atoms with Crippen LogP contribution in [0.2, 0.25) is 5.02 Å². The zero-order chi connectivity index (χ0) is 23.6. The first kappa shape index (κ1) is 23.7. The molecular weight excluding hydrogens is 430 g/mol. The number of aromatic nitrogens is 1. The maximum Gasteiger partial charge on any atom is 0.356 e. The smallest absolute Gasteiger partial charge is 0.356 e. The monoisotopic (exact) mass is 455 g/mol. The van der Waals surface area contributed by atoms with E-state index in [9.17, 15) is 14.7 Å². The third-order valence-corrected chi connectivity index (χ3v) is 5.07. The van der Waals surface area contributed by atoms with Crippen LogP contribution in [0.4, 0.5) is 0 Å². The molecule has 1 heterocycles. The second-order valence-electron chi connectivity index (χ2n) is 8.42. The molecule has 1 N–H and O–H groups in total. The largest absolute Gasteiger partial charge is 0.479 e. The lowest BCUT2D eigenvalue weighted by Crippen LogP contribution is -2.28. The van der Waals surface area contributed by atoms with Gasteiger partial charge in [-0.05, 0) is 81.6 Å². The minimum Gasteiger partial charge on any atom is -0.479 e. The summed E-state index contributed by atoms with van der Waals surface area (Å²) < 4.78 is 11.0. The molecule has 0 amide bonds. The maximum absolute atomic E-state index is 12.3. The number of halogens is 1. The van der Waals surface area contributed by atoms with Gasteiger partial charge in [0.2, 0.25) is 0 Å². The average Bonchev–Trinajstić information content (AvgIpc) is 2.71. The Kier molecular flexibility index (Phi) is 6.86. The van der Waals surface area contributed by atoms with E-state index in [2.05, 4.69) is 4.98 Å². The first-order valence-electron chi connectivity index (χ1n) is 10.3. The number of rotatable bonds is 6. The highest BCUT2D eigenvalue weighted by Crippen LogP contribution is 2.40. The highest BCUT2D eigenvalue weighted by atomic mass is 35.5. The van der Waals surface area contributed by atoms with Crippen LogP contribution >= 0.6 is 11.6 Å². The Hall–Kier alpha value is -2.96. The zero-order valence-electron chi connectivity index (χ0n) is 18.7. The third kappa shape index (κ3) is 5.09. The van der Waals surface area contributed by atoms with E-state index in [1.54, 1.807) is 37.3 Å². The molecule has 0 aliphatic heterocycles. The summed E-state index contributed by atoms with van der Waals surface area (Å²) in [5.41, 5.74) is 2.73. The fourth-order valence-electron chi connectivity index (χ4n) is 3.59. The lowest BCUT2D eigenvalue weighted by atomic mass is 9.88. The van der Waals surface area contributed by atoms with Gasteiger partial charge in [-0.3, -0.25) is 0 Å². The molecule has 168 valence electrons. The number of ether oxygens (including phenoxy) is 2. The lowest BCUT2D eigenvalue weighted by molar-refractivity contribution is -0.160. The summed E-state index contributed by atoms with van der Waals surface area (Å²) in [6.45, 7) is 9.23. The van der Waals surface area contributed by atoms with Gasteiger partial charge in [-0.2, -0.15) is 0 Å². The molecule has 7 heteroatoms. The molecule has 1 unspecified atom stereocenters. The molecule has 0 radical (unpaired) electrons. The van der Waals surface area contributed by atoms with E-state index in [1.165, 1.54) is 0 Å². The van der Waals surface area contributed by atoms with E-state index in [4.69, 9.17) is 21.1 Å². The number of hydrogen-bond donors (Lipinski definition) is 1. The number of nitrogens with zero attached hydrogens (tertiary/aromatic N) is 1. The van der Waals surface area contributed by atoms with Crippen molar-refractivity contribution in [2.75, 3.05) is 6.61 Å². The molecule has 2 aromatic carbocycles. The first-order chi connectivity index (χ1) is 15.0. The molecule has 0 fully saturated rings. The maximum atomic E-state index is 12.3. The molecule has 0 bridgehead atoms. The van der Waals surface area contributed by atoms with Gasteiger partial charge in [0.15, 0.2) is 6.10 Å².